The summed E-state index contributed by atoms with van der Waals surface area (Å²) in [4.78, 5) is 17.5. The monoisotopic (exact) mass is 537 g/mol. The maximum Gasteiger partial charge on any atom is 0.264 e. The summed E-state index contributed by atoms with van der Waals surface area (Å²) >= 11 is 11.0. The van der Waals surface area contributed by atoms with Crippen LogP contribution in [0.1, 0.15) is 22.3 Å². The van der Waals surface area contributed by atoms with Gasteiger partial charge in [0.15, 0.2) is 5.17 Å². The zero-order chi connectivity index (χ0) is 23.4. The van der Waals surface area contributed by atoms with Gasteiger partial charge in [-0.25, -0.2) is 4.99 Å². The van der Waals surface area contributed by atoms with Crippen molar-refractivity contribution in [1.82, 2.24) is 5.32 Å². The molecule has 0 saturated carbocycles. The highest BCUT2D eigenvalue weighted by atomic mass is 79.9. The van der Waals surface area contributed by atoms with Gasteiger partial charge < -0.3 is 10.1 Å². The van der Waals surface area contributed by atoms with Gasteiger partial charge in [0.1, 0.15) is 12.4 Å². The second kappa shape index (κ2) is 10.3. The molecule has 1 heterocycles. The summed E-state index contributed by atoms with van der Waals surface area (Å²) in [6, 6.07) is 20.6. The van der Waals surface area contributed by atoms with Gasteiger partial charge in [-0.2, -0.15) is 5.26 Å². The van der Waals surface area contributed by atoms with Crippen molar-refractivity contribution in [1.29, 1.82) is 5.26 Å². The van der Waals surface area contributed by atoms with Crippen molar-refractivity contribution in [2.45, 2.75) is 13.5 Å². The van der Waals surface area contributed by atoms with Gasteiger partial charge >= 0.3 is 0 Å². The number of rotatable bonds is 5. The van der Waals surface area contributed by atoms with Crippen LogP contribution in [0, 0.1) is 18.3 Å². The lowest BCUT2D eigenvalue weighted by molar-refractivity contribution is -0.115. The van der Waals surface area contributed by atoms with Crippen LogP contribution in [0.3, 0.4) is 0 Å². The molecule has 1 amide bonds. The number of halogens is 2. The number of hydrogen-bond acceptors (Lipinski definition) is 5. The normalized spacial score (nSPS) is 15.5. The Balaban J connectivity index is 1.48. The van der Waals surface area contributed by atoms with Crippen LogP contribution in [0.4, 0.5) is 5.69 Å². The smallest absolute Gasteiger partial charge is 0.264 e. The molecule has 1 saturated heterocycles. The van der Waals surface area contributed by atoms with Gasteiger partial charge in [-0.1, -0.05) is 41.9 Å². The second-order valence-electron chi connectivity index (χ2n) is 7.11. The Hall–Kier alpha value is -3.05. The summed E-state index contributed by atoms with van der Waals surface area (Å²) in [7, 11) is 0. The number of thioether (sulfide) groups is 1. The van der Waals surface area contributed by atoms with Crippen LogP contribution in [0.5, 0.6) is 5.75 Å². The Morgan fingerprint density at radius 3 is 2.82 bits per heavy atom. The Morgan fingerprint density at radius 1 is 1.21 bits per heavy atom. The zero-order valence-corrected chi connectivity index (χ0v) is 20.6. The molecule has 164 valence electrons. The number of aliphatic imine (C=N–C) groups is 1. The molecule has 0 unspecified atom stereocenters. The van der Waals surface area contributed by atoms with Gasteiger partial charge in [-0.05, 0) is 82.2 Å². The van der Waals surface area contributed by atoms with Crippen molar-refractivity contribution in [2.24, 2.45) is 4.99 Å². The fourth-order valence-corrected chi connectivity index (χ4v) is 4.61. The minimum absolute atomic E-state index is 0.206. The lowest BCUT2D eigenvalue weighted by atomic mass is 10.1. The number of nitriles is 1. The molecule has 0 bridgehead atoms. The molecule has 3 aromatic rings. The molecule has 0 spiro atoms. The van der Waals surface area contributed by atoms with E-state index in [0.29, 0.717) is 32.1 Å². The molecule has 0 aromatic heterocycles. The van der Waals surface area contributed by atoms with E-state index in [1.165, 1.54) is 11.8 Å². The topological polar surface area (TPSA) is 74.5 Å². The molecule has 1 aliphatic rings. The van der Waals surface area contributed by atoms with Crippen molar-refractivity contribution < 1.29 is 9.53 Å². The van der Waals surface area contributed by atoms with E-state index < -0.39 is 0 Å². The number of carbonyl (C=O) groups excluding carboxylic acids is 1. The standard InChI is InChI=1S/C25H17BrClN3O2S/c1-15-20(27)7-4-8-21(15)29-25-30-24(31)23(33-25)12-16-9-10-22(19(26)11-16)32-14-18-6-3-2-5-17(18)13-28/h2-12H,14H2,1H3,(H,29,30,31)/b23-12-. The van der Waals surface area contributed by atoms with Crippen LogP contribution in [0.25, 0.3) is 6.08 Å². The summed E-state index contributed by atoms with van der Waals surface area (Å²) in [6.45, 7) is 2.17. The van der Waals surface area contributed by atoms with E-state index in [0.717, 1.165) is 21.2 Å². The van der Waals surface area contributed by atoms with E-state index in [2.05, 4.69) is 32.3 Å². The van der Waals surface area contributed by atoms with Crippen molar-refractivity contribution >= 4 is 62.1 Å². The van der Waals surface area contributed by atoms with Crippen molar-refractivity contribution in [2.75, 3.05) is 0 Å². The second-order valence-corrected chi connectivity index (χ2v) is 9.41. The number of nitrogens with one attached hydrogen (secondary N) is 1. The Kier molecular flexibility index (Phi) is 7.19. The number of ether oxygens (including phenoxy) is 1. The molecule has 8 heteroatoms. The third kappa shape index (κ3) is 5.48. The minimum Gasteiger partial charge on any atom is -0.488 e. The average Bonchev–Trinajstić information content (AvgIpc) is 3.15. The number of nitrogens with zero attached hydrogens (tertiary/aromatic N) is 2. The molecule has 1 aliphatic heterocycles. The van der Waals surface area contributed by atoms with Gasteiger partial charge in [0.05, 0.1) is 26.7 Å². The lowest BCUT2D eigenvalue weighted by Crippen LogP contribution is -2.19. The zero-order valence-electron chi connectivity index (χ0n) is 17.4. The first-order valence-electron chi connectivity index (χ1n) is 9.89. The van der Waals surface area contributed by atoms with Gasteiger partial charge in [-0.15, -0.1) is 0 Å². The molecule has 0 radical (unpaired) electrons. The van der Waals surface area contributed by atoms with Gasteiger partial charge in [0, 0.05) is 10.6 Å². The molecular weight excluding hydrogens is 522 g/mol. The molecule has 1 fully saturated rings. The molecule has 5 nitrogen and oxygen atoms in total. The molecule has 4 rings (SSSR count). The largest absolute Gasteiger partial charge is 0.488 e. The molecule has 1 N–H and O–H groups in total. The predicted molar refractivity (Wildman–Crippen MR) is 137 cm³/mol. The number of amidine groups is 1. The Labute approximate surface area is 209 Å². The number of amides is 1. The molecule has 0 aliphatic carbocycles. The van der Waals surface area contributed by atoms with Crippen LogP contribution in [-0.2, 0) is 11.4 Å². The van der Waals surface area contributed by atoms with Crippen LogP contribution in [0.15, 0.2) is 75.0 Å². The number of hydrogen-bond donors (Lipinski definition) is 1. The van der Waals surface area contributed by atoms with Crippen LogP contribution in [0.2, 0.25) is 5.02 Å². The molecular formula is C25H17BrClN3O2S. The fourth-order valence-electron chi connectivity index (χ4n) is 3.09. The van der Waals surface area contributed by atoms with E-state index >= 15 is 0 Å². The molecule has 33 heavy (non-hydrogen) atoms. The Morgan fingerprint density at radius 2 is 2.03 bits per heavy atom. The van der Waals surface area contributed by atoms with Crippen molar-refractivity contribution in [3.8, 4) is 11.8 Å². The third-order valence-electron chi connectivity index (χ3n) is 4.89. The van der Waals surface area contributed by atoms with Crippen molar-refractivity contribution in [3.63, 3.8) is 0 Å². The summed E-state index contributed by atoms with van der Waals surface area (Å²) in [5.74, 6) is 0.440. The third-order valence-corrected chi connectivity index (χ3v) is 6.83. The average molecular weight is 539 g/mol. The molecule has 0 atom stereocenters. The number of benzene rings is 3. The number of carbonyl (C=O) groups is 1. The molecule has 3 aromatic carbocycles. The van der Waals surface area contributed by atoms with Gasteiger partial charge in [-0.3, -0.25) is 4.79 Å². The highest BCUT2D eigenvalue weighted by Gasteiger charge is 2.24. The first-order chi connectivity index (χ1) is 15.9. The quantitative estimate of drug-likeness (QED) is 0.365. The van der Waals surface area contributed by atoms with E-state index in [1.807, 2.05) is 55.5 Å². The fraction of sp³-hybridized carbons (Fsp3) is 0.0800. The lowest BCUT2D eigenvalue weighted by Gasteiger charge is -2.10. The first kappa shape index (κ1) is 23.1. The van der Waals surface area contributed by atoms with Gasteiger partial charge in [0.25, 0.3) is 5.91 Å². The van der Waals surface area contributed by atoms with Crippen LogP contribution < -0.4 is 10.1 Å². The highest BCUT2D eigenvalue weighted by Crippen LogP contribution is 2.33. The first-order valence-corrected chi connectivity index (χ1v) is 11.9. The summed E-state index contributed by atoms with van der Waals surface area (Å²) in [6.07, 6.45) is 1.80. The van der Waals surface area contributed by atoms with Crippen molar-refractivity contribution in [3.05, 3.63) is 97.3 Å². The van der Waals surface area contributed by atoms with E-state index in [4.69, 9.17) is 16.3 Å². The summed E-state index contributed by atoms with van der Waals surface area (Å²) in [5.41, 5.74) is 3.82. The van der Waals surface area contributed by atoms with Gasteiger partial charge in [0.2, 0.25) is 0 Å². The maximum absolute atomic E-state index is 12.4. The van der Waals surface area contributed by atoms with Crippen LogP contribution >= 0.6 is 39.3 Å². The van der Waals surface area contributed by atoms with E-state index in [9.17, 15) is 10.1 Å². The van der Waals surface area contributed by atoms with Crippen LogP contribution in [-0.4, -0.2) is 11.1 Å². The predicted octanol–water partition coefficient (Wildman–Crippen LogP) is 6.75. The SMILES string of the molecule is Cc1c(Cl)cccc1N=C1NC(=O)/C(=C/c2ccc(OCc3ccccc3C#N)c(Br)c2)S1. The summed E-state index contributed by atoms with van der Waals surface area (Å²) in [5, 5.41) is 13.2. The maximum atomic E-state index is 12.4. The van der Waals surface area contributed by atoms with E-state index in [-0.39, 0.29) is 12.5 Å². The highest BCUT2D eigenvalue weighted by molar-refractivity contribution is 9.10. The minimum atomic E-state index is -0.206. The Bertz CT molecular complexity index is 1350. The van der Waals surface area contributed by atoms with E-state index in [1.54, 1.807) is 18.2 Å². The summed E-state index contributed by atoms with van der Waals surface area (Å²) < 4.78 is 6.63.